The zero-order chi connectivity index (χ0) is 19.0. The summed E-state index contributed by atoms with van der Waals surface area (Å²) in [5.41, 5.74) is 1.20. The summed E-state index contributed by atoms with van der Waals surface area (Å²) in [7, 11) is -1.66. The molecule has 2 amide bonds. The molecule has 1 fully saturated rings. The number of hydrogen-bond donors (Lipinski definition) is 3. The van der Waals surface area contributed by atoms with E-state index < -0.39 is 12.9 Å². The number of likely N-dealkylation sites (tertiary alicyclic amines) is 1. The molecule has 1 aliphatic heterocycles. The number of carbonyl (C=O) groups is 1. The Hall–Kier alpha value is -2.98. The third-order valence-corrected chi connectivity index (χ3v) is 4.52. The molecule has 2 aromatic heterocycles. The van der Waals surface area contributed by atoms with E-state index in [4.69, 9.17) is 0 Å². The molecule has 27 heavy (non-hydrogen) atoms. The quantitative estimate of drug-likeness (QED) is 0.594. The summed E-state index contributed by atoms with van der Waals surface area (Å²) in [4.78, 5) is 22.3. The van der Waals surface area contributed by atoms with Crippen LogP contribution in [0.1, 0.15) is 12.8 Å². The number of nitrogens with zero attached hydrogens (tertiary/aromatic N) is 4. The van der Waals surface area contributed by atoms with Crippen LogP contribution in [0.3, 0.4) is 0 Å². The van der Waals surface area contributed by atoms with E-state index in [2.05, 4.69) is 15.3 Å². The number of rotatable bonds is 3. The fourth-order valence-electron chi connectivity index (χ4n) is 3.09. The molecule has 10 heteroatoms. The van der Waals surface area contributed by atoms with E-state index in [9.17, 15) is 19.2 Å². The van der Waals surface area contributed by atoms with E-state index in [-0.39, 0.29) is 17.1 Å². The fourth-order valence-corrected chi connectivity index (χ4v) is 3.09. The van der Waals surface area contributed by atoms with Crippen LogP contribution >= 0.6 is 0 Å². The van der Waals surface area contributed by atoms with Gasteiger partial charge < -0.3 is 20.3 Å². The summed E-state index contributed by atoms with van der Waals surface area (Å²) in [5, 5.41) is 21.3. The van der Waals surface area contributed by atoms with Crippen LogP contribution in [0.15, 0.2) is 36.8 Å². The number of carbonyl (C=O) groups excluding carboxylic acids is 1. The normalized spacial score (nSPS) is 14.0. The maximum Gasteiger partial charge on any atom is 0.491 e. The lowest BCUT2D eigenvalue weighted by atomic mass is 9.83. The average Bonchev–Trinajstić information content (AvgIpc) is 3.32. The number of aromatic nitrogens is 3. The number of amides is 2. The van der Waals surface area contributed by atoms with Crippen LogP contribution in [0, 0.1) is 5.82 Å². The second-order valence-corrected chi connectivity index (χ2v) is 6.41. The minimum Gasteiger partial charge on any atom is -0.423 e. The molecule has 1 aliphatic rings. The number of fused-ring (bicyclic) bond motifs is 1. The lowest BCUT2D eigenvalue weighted by molar-refractivity contribution is 0.222. The smallest absolute Gasteiger partial charge is 0.423 e. The second kappa shape index (κ2) is 6.97. The Bertz CT molecular complexity index is 1000. The van der Waals surface area contributed by atoms with Gasteiger partial charge >= 0.3 is 13.1 Å². The summed E-state index contributed by atoms with van der Waals surface area (Å²) in [5.74, 6) is -0.194. The van der Waals surface area contributed by atoms with Gasteiger partial charge in [-0.15, -0.1) is 0 Å². The topological polar surface area (TPSA) is 103 Å². The van der Waals surface area contributed by atoms with Crippen LogP contribution < -0.4 is 10.8 Å². The minimum atomic E-state index is -1.66. The van der Waals surface area contributed by atoms with Gasteiger partial charge in [-0.05, 0) is 31.0 Å². The highest BCUT2D eigenvalue weighted by molar-refractivity contribution is 6.58. The Morgan fingerprint density at radius 2 is 2.00 bits per heavy atom. The third-order valence-electron chi connectivity index (χ3n) is 4.52. The van der Waals surface area contributed by atoms with Crippen LogP contribution in [0.25, 0.3) is 17.0 Å². The molecule has 0 spiro atoms. The number of nitrogens with one attached hydrogen (secondary N) is 1. The van der Waals surface area contributed by atoms with Gasteiger partial charge in [0.1, 0.15) is 5.82 Å². The zero-order valence-electron chi connectivity index (χ0n) is 14.3. The van der Waals surface area contributed by atoms with Crippen molar-refractivity contribution in [1.29, 1.82) is 0 Å². The molecule has 3 heterocycles. The van der Waals surface area contributed by atoms with Gasteiger partial charge in [0, 0.05) is 48.4 Å². The van der Waals surface area contributed by atoms with Crippen LogP contribution in [0.5, 0.6) is 0 Å². The van der Waals surface area contributed by atoms with Gasteiger partial charge in [0.2, 0.25) is 5.78 Å². The standard InChI is InChI=1S/C17H17BFN5O3/c19-14-4-3-12(21-17(25)23-5-1-2-6-23)7-13(14)15-10-24-9-11(18(26)27)8-20-16(24)22-15/h3-4,7-10,26-27H,1-2,5-6H2,(H,21,25). The Morgan fingerprint density at radius 1 is 1.22 bits per heavy atom. The highest BCUT2D eigenvalue weighted by Gasteiger charge is 2.19. The van der Waals surface area contributed by atoms with Gasteiger partial charge in [-0.2, -0.15) is 0 Å². The van der Waals surface area contributed by atoms with Crippen molar-refractivity contribution in [1.82, 2.24) is 19.3 Å². The molecule has 0 saturated carbocycles. The van der Waals surface area contributed by atoms with E-state index in [0.717, 1.165) is 25.9 Å². The zero-order valence-corrected chi connectivity index (χ0v) is 14.3. The van der Waals surface area contributed by atoms with Gasteiger partial charge in [-0.25, -0.2) is 19.2 Å². The van der Waals surface area contributed by atoms with E-state index in [0.29, 0.717) is 17.2 Å². The molecular weight excluding hydrogens is 352 g/mol. The first kappa shape index (κ1) is 17.4. The summed E-state index contributed by atoms with van der Waals surface area (Å²) in [6.07, 6.45) is 6.26. The molecule has 8 nitrogen and oxygen atoms in total. The number of urea groups is 1. The first-order chi connectivity index (χ1) is 13.0. The molecule has 0 bridgehead atoms. The lowest BCUT2D eigenvalue weighted by Gasteiger charge is -2.16. The molecule has 1 saturated heterocycles. The molecule has 0 atom stereocenters. The van der Waals surface area contributed by atoms with Crippen molar-refractivity contribution in [2.24, 2.45) is 0 Å². The molecule has 0 radical (unpaired) electrons. The summed E-state index contributed by atoms with van der Waals surface area (Å²) >= 11 is 0. The monoisotopic (exact) mass is 369 g/mol. The van der Waals surface area contributed by atoms with Gasteiger partial charge in [0.25, 0.3) is 0 Å². The van der Waals surface area contributed by atoms with Crippen LogP contribution in [0.4, 0.5) is 14.9 Å². The highest BCUT2D eigenvalue weighted by Crippen LogP contribution is 2.26. The van der Waals surface area contributed by atoms with Crippen molar-refractivity contribution >= 4 is 30.1 Å². The van der Waals surface area contributed by atoms with Crippen molar-refractivity contribution in [2.75, 3.05) is 18.4 Å². The first-order valence-corrected chi connectivity index (χ1v) is 8.58. The number of benzene rings is 1. The second-order valence-electron chi connectivity index (χ2n) is 6.41. The maximum absolute atomic E-state index is 14.4. The molecular formula is C17H17BFN5O3. The molecule has 0 aliphatic carbocycles. The lowest BCUT2D eigenvalue weighted by Crippen LogP contribution is -2.32. The number of imidazole rings is 1. The van der Waals surface area contributed by atoms with Crippen LogP contribution in [0.2, 0.25) is 0 Å². The van der Waals surface area contributed by atoms with Crippen molar-refractivity contribution < 1.29 is 19.2 Å². The Morgan fingerprint density at radius 3 is 2.74 bits per heavy atom. The van der Waals surface area contributed by atoms with Crippen molar-refractivity contribution in [3.8, 4) is 11.3 Å². The van der Waals surface area contributed by atoms with Crippen molar-refractivity contribution in [2.45, 2.75) is 12.8 Å². The molecule has 138 valence electrons. The Kier molecular flexibility index (Phi) is 4.50. The molecule has 4 rings (SSSR count). The van der Waals surface area contributed by atoms with E-state index in [1.165, 1.54) is 35.0 Å². The molecule has 3 aromatic rings. The van der Waals surface area contributed by atoms with Gasteiger partial charge in [0.15, 0.2) is 0 Å². The van der Waals surface area contributed by atoms with E-state index in [1.54, 1.807) is 11.1 Å². The number of anilines is 1. The summed E-state index contributed by atoms with van der Waals surface area (Å²) in [6, 6.07) is 4.09. The highest BCUT2D eigenvalue weighted by atomic mass is 19.1. The van der Waals surface area contributed by atoms with E-state index >= 15 is 0 Å². The average molecular weight is 369 g/mol. The van der Waals surface area contributed by atoms with E-state index in [1.807, 2.05) is 0 Å². The van der Waals surface area contributed by atoms with Gasteiger partial charge in [-0.3, -0.25) is 4.40 Å². The predicted molar refractivity (Wildman–Crippen MR) is 98.0 cm³/mol. The number of halogens is 1. The fraction of sp³-hybridized carbons (Fsp3) is 0.235. The predicted octanol–water partition coefficient (Wildman–Crippen LogP) is 0.843. The van der Waals surface area contributed by atoms with Crippen LogP contribution in [-0.4, -0.2) is 55.6 Å². The van der Waals surface area contributed by atoms with Crippen molar-refractivity contribution in [3.63, 3.8) is 0 Å². The SMILES string of the molecule is O=C(Nc1ccc(F)c(-c2cn3cc(B(O)O)cnc3n2)c1)N1CCCC1. The third kappa shape index (κ3) is 3.49. The maximum atomic E-state index is 14.4. The Labute approximate surface area is 154 Å². The summed E-state index contributed by atoms with van der Waals surface area (Å²) in [6.45, 7) is 1.44. The first-order valence-electron chi connectivity index (χ1n) is 8.58. The minimum absolute atomic E-state index is 0.193. The summed E-state index contributed by atoms with van der Waals surface area (Å²) < 4.78 is 15.8. The van der Waals surface area contributed by atoms with Gasteiger partial charge in [-0.1, -0.05) is 0 Å². The molecule has 1 aromatic carbocycles. The Balaban J connectivity index is 1.64. The number of hydrogen-bond acceptors (Lipinski definition) is 5. The largest absolute Gasteiger partial charge is 0.491 e. The molecule has 3 N–H and O–H groups in total. The van der Waals surface area contributed by atoms with Crippen LogP contribution in [-0.2, 0) is 0 Å². The molecule has 0 unspecified atom stereocenters. The van der Waals surface area contributed by atoms with Gasteiger partial charge in [0.05, 0.1) is 5.69 Å². The van der Waals surface area contributed by atoms with Crippen molar-refractivity contribution in [3.05, 3.63) is 42.6 Å².